The van der Waals surface area contributed by atoms with Crippen LogP contribution in [0, 0.1) is 5.82 Å². The Kier molecular flexibility index (Phi) is 3.58. The average Bonchev–Trinajstić information content (AvgIpc) is 3.12. The largest absolute Gasteiger partial charge is 0.303 e. The van der Waals surface area contributed by atoms with Gasteiger partial charge in [-0.25, -0.2) is 9.37 Å². The van der Waals surface area contributed by atoms with Gasteiger partial charge in [-0.2, -0.15) is 0 Å². The number of benzene rings is 2. The SMILES string of the molecule is O=C1/C(=C\c2ccc(-n3ccnc3)c(F)c2)CCc2ccccc21. The minimum atomic E-state index is -0.342. The molecule has 3 nitrogen and oxygen atoms in total. The van der Waals surface area contributed by atoms with Crippen molar-refractivity contribution in [1.29, 1.82) is 0 Å². The maximum Gasteiger partial charge on any atom is 0.189 e. The summed E-state index contributed by atoms with van der Waals surface area (Å²) in [5.74, 6) is -0.304. The molecule has 0 saturated heterocycles. The van der Waals surface area contributed by atoms with E-state index in [1.165, 1.54) is 6.07 Å². The van der Waals surface area contributed by atoms with Crippen LogP contribution in [-0.4, -0.2) is 15.3 Å². The molecule has 0 saturated carbocycles. The van der Waals surface area contributed by atoms with Crippen LogP contribution in [0.25, 0.3) is 11.8 Å². The molecule has 0 atom stereocenters. The maximum atomic E-state index is 14.3. The zero-order valence-electron chi connectivity index (χ0n) is 12.9. The lowest BCUT2D eigenvalue weighted by Crippen LogP contribution is -2.13. The Morgan fingerprint density at radius 3 is 2.79 bits per heavy atom. The molecule has 0 fully saturated rings. The van der Waals surface area contributed by atoms with Crippen LogP contribution in [0.15, 0.2) is 66.8 Å². The van der Waals surface area contributed by atoms with E-state index >= 15 is 0 Å². The van der Waals surface area contributed by atoms with E-state index in [-0.39, 0.29) is 11.6 Å². The third-order valence-electron chi connectivity index (χ3n) is 4.31. The number of hydrogen-bond donors (Lipinski definition) is 0. The van der Waals surface area contributed by atoms with Gasteiger partial charge in [-0.3, -0.25) is 4.79 Å². The predicted octanol–water partition coefficient (Wildman–Crippen LogP) is 4.22. The summed E-state index contributed by atoms with van der Waals surface area (Å²) in [5.41, 5.74) is 3.70. The van der Waals surface area contributed by atoms with Crippen LogP contribution in [0.3, 0.4) is 0 Å². The topological polar surface area (TPSA) is 34.9 Å². The molecule has 4 rings (SSSR count). The molecule has 0 N–H and O–H groups in total. The Morgan fingerprint density at radius 1 is 1.12 bits per heavy atom. The van der Waals surface area contributed by atoms with Gasteiger partial charge in [0.15, 0.2) is 5.78 Å². The highest BCUT2D eigenvalue weighted by atomic mass is 19.1. The Balaban J connectivity index is 1.67. The molecule has 1 aliphatic carbocycles. The summed E-state index contributed by atoms with van der Waals surface area (Å²) in [6.07, 6.45) is 8.16. The second kappa shape index (κ2) is 5.89. The molecule has 1 aromatic heterocycles. The molecule has 2 aromatic carbocycles. The van der Waals surface area contributed by atoms with Crippen LogP contribution < -0.4 is 0 Å². The number of carbonyl (C=O) groups excluding carboxylic acids is 1. The molecular formula is C20H15FN2O. The van der Waals surface area contributed by atoms with Crippen molar-refractivity contribution in [2.24, 2.45) is 0 Å². The summed E-state index contributed by atoms with van der Waals surface area (Å²) < 4.78 is 16.0. The average molecular weight is 318 g/mol. The smallest absolute Gasteiger partial charge is 0.189 e. The van der Waals surface area contributed by atoms with Crippen molar-refractivity contribution in [1.82, 2.24) is 9.55 Å². The molecule has 0 amide bonds. The minimum Gasteiger partial charge on any atom is -0.303 e. The number of imidazole rings is 1. The number of carbonyl (C=O) groups is 1. The van der Waals surface area contributed by atoms with Gasteiger partial charge < -0.3 is 4.57 Å². The minimum absolute atomic E-state index is 0.0379. The lowest BCUT2D eigenvalue weighted by molar-refractivity contribution is 0.102. The Hall–Kier alpha value is -3.01. The quantitative estimate of drug-likeness (QED) is 0.663. The molecule has 0 unspecified atom stereocenters. The number of rotatable bonds is 2. The van der Waals surface area contributed by atoms with E-state index in [1.54, 1.807) is 35.4 Å². The fraction of sp³-hybridized carbons (Fsp3) is 0.100. The lowest BCUT2D eigenvalue weighted by atomic mass is 9.86. The van der Waals surface area contributed by atoms with Crippen molar-refractivity contribution in [2.45, 2.75) is 12.8 Å². The first-order chi connectivity index (χ1) is 11.7. The molecule has 0 bridgehead atoms. The van der Waals surface area contributed by atoms with Crippen molar-refractivity contribution >= 4 is 11.9 Å². The number of allylic oxidation sites excluding steroid dienone is 1. The number of ketones is 1. The number of nitrogens with zero attached hydrogens (tertiary/aromatic N) is 2. The van der Waals surface area contributed by atoms with Crippen molar-refractivity contribution in [3.8, 4) is 5.69 Å². The summed E-state index contributed by atoms with van der Waals surface area (Å²) in [5, 5.41) is 0. The van der Waals surface area contributed by atoms with Crippen molar-refractivity contribution in [3.05, 3.63) is 89.3 Å². The molecule has 118 valence electrons. The normalized spacial score (nSPS) is 15.5. The van der Waals surface area contributed by atoms with E-state index in [9.17, 15) is 9.18 Å². The van der Waals surface area contributed by atoms with Crippen LogP contribution in [0.2, 0.25) is 0 Å². The first kappa shape index (κ1) is 14.6. The molecule has 0 aliphatic heterocycles. The summed E-state index contributed by atoms with van der Waals surface area (Å²) in [4.78, 5) is 16.5. The number of fused-ring (bicyclic) bond motifs is 1. The van der Waals surface area contributed by atoms with Crippen molar-refractivity contribution < 1.29 is 9.18 Å². The fourth-order valence-electron chi connectivity index (χ4n) is 3.08. The standard InChI is InChI=1S/C20H15FN2O/c21-18-12-14(5-8-19(18)23-10-9-22-13-23)11-16-7-6-15-3-1-2-4-17(15)20(16)24/h1-5,8-13H,6-7H2/b16-11-. The van der Waals surface area contributed by atoms with Crippen molar-refractivity contribution in [2.75, 3.05) is 0 Å². The third kappa shape index (κ3) is 2.56. The molecule has 24 heavy (non-hydrogen) atoms. The first-order valence-corrected chi connectivity index (χ1v) is 7.83. The summed E-state index contributed by atoms with van der Waals surface area (Å²) in [6.45, 7) is 0. The summed E-state index contributed by atoms with van der Waals surface area (Å²) >= 11 is 0. The Morgan fingerprint density at radius 2 is 2.00 bits per heavy atom. The van der Waals surface area contributed by atoms with Crippen LogP contribution in [-0.2, 0) is 6.42 Å². The van der Waals surface area contributed by atoms with Crippen LogP contribution in [0.4, 0.5) is 4.39 Å². The van der Waals surface area contributed by atoms with Gasteiger partial charge in [0, 0.05) is 23.5 Å². The van der Waals surface area contributed by atoms with Crippen molar-refractivity contribution in [3.63, 3.8) is 0 Å². The second-order valence-corrected chi connectivity index (χ2v) is 5.84. The molecule has 0 radical (unpaired) electrons. The molecule has 1 heterocycles. The van der Waals surface area contributed by atoms with Gasteiger partial charge in [-0.1, -0.05) is 30.3 Å². The third-order valence-corrected chi connectivity index (χ3v) is 4.31. The second-order valence-electron chi connectivity index (χ2n) is 5.84. The van der Waals surface area contributed by atoms with E-state index in [1.807, 2.05) is 30.3 Å². The van der Waals surface area contributed by atoms with Crippen LogP contribution in [0.5, 0.6) is 0 Å². The molecule has 4 heteroatoms. The van der Waals surface area contributed by atoms with Crippen LogP contribution >= 0.6 is 0 Å². The highest BCUT2D eigenvalue weighted by Crippen LogP contribution is 2.27. The van der Waals surface area contributed by atoms with E-state index in [0.29, 0.717) is 17.7 Å². The maximum absolute atomic E-state index is 14.3. The first-order valence-electron chi connectivity index (χ1n) is 7.83. The Labute approximate surface area is 139 Å². The van der Waals surface area contributed by atoms with E-state index in [2.05, 4.69) is 4.98 Å². The summed E-state index contributed by atoms with van der Waals surface area (Å²) in [6, 6.07) is 12.6. The number of halogens is 1. The highest BCUT2D eigenvalue weighted by Gasteiger charge is 2.21. The number of Topliss-reactive ketones (excluding diaryl/α,β-unsaturated/α-hetero) is 1. The number of aromatic nitrogens is 2. The predicted molar refractivity (Wildman–Crippen MR) is 90.6 cm³/mol. The summed E-state index contributed by atoms with van der Waals surface area (Å²) in [7, 11) is 0. The van der Waals surface area contributed by atoms with Gasteiger partial charge in [0.25, 0.3) is 0 Å². The fourth-order valence-corrected chi connectivity index (χ4v) is 3.08. The highest BCUT2D eigenvalue weighted by molar-refractivity contribution is 6.13. The van der Waals surface area contributed by atoms with E-state index < -0.39 is 0 Å². The monoisotopic (exact) mass is 318 g/mol. The van der Waals surface area contributed by atoms with Gasteiger partial charge in [0.2, 0.25) is 0 Å². The van der Waals surface area contributed by atoms with Gasteiger partial charge in [-0.15, -0.1) is 0 Å². The molecule has 1 aliphatic rings. The molecule has 0 spiro atoms. The number of hydrogen-bond acceptors (Lipinski definition) is 2. The zero-order valence-corrected chi connectivity index (χ0v) is 12.9. The zero-order chi connectivity index (χ0) is 16.5. The molecular weight excluding hydrogens is 303 g/mol. The van der Waals surface area contributed by atoms with Gasteiger partial charge in [0.05, 0.1) is 12.0 Å². The van der Waals surface area contributed by atoms with Crippen LogP contribution in [0.1, 0.15) is 27.9 Å². The number of aryl methyl sites for hydroxylation is 1. The van der Waals surface area contributed by atoms with E-state index in [4.69, 9.17) is 0 Å². The Bertz CT molecular complexity index is 942. The van der Waals surface area contributed by atoms with Gasteiger partial charge >= 0.3 is 0 Å². The van der Waals surface area contributed by atoms with E-state index in [0.717, 1.165) is 23.1 Å². The van der Waals surface area contributed by atoms with Gasteiger partial charge in [-0.05, 0) is 42.2 Å². The lowest BCUT2D eigenvalue weighted by Gasteiger charge is -2.17. The van der Waals surface area contributed by atoms with Gasteiger partial charge in [0.1, 0.15) is 5.82 Å². The molecule has 3 aromatic rings.